The van der Waals surface area contributed by atoms with Crippen LogP contribution in [-0.4, -0.2) is 0 Å². The van der Waals surface area contributed by atoms with Gasteiger partial charge in [-0.05, 0) is 24.0 Å². The van der Waals surface area contributed by atoms with Crippen LogP contribution in [0, 0.1) is 0 Å². The summed E-state index contributed by atoms with van der Waals surface area (Å²) in [6.45, 7) is 0. The predicted molar refractivity (Wildman–Crippen MR) is 87.2 cm³/mol. The van der Waals surface area contributed by atoms with E-state index in [1.54, 1.807) is 0 Å². The van der Waals surface area contributed by atoms with Crippen molar-refractivity contribution in [1.82, 2.24) is 0 Å². The molecule has 2 aromatic rings. The van der Waals surface area contributed by atoms with Crippen LogP contribution < -0.4 is 0 Å². The monoisotopic (exact) mass is 280 g/mol. The van der Waals surface area contributed by atoms with Crippen LogP contribution in [0.3, 0.4) is 0 Å². The van der Waals surface area contributed by atoms with Crippen LogP contribution in [0.25, 0.3) is 0 Å². The lowest BCUT2D eigenvalue weighted by Gasteiger charge is -2.25. The third kappa shape index (κ3) is 3.95. The smallest absolute Gasteiger partial charge is 0.0833 e. The minimum absolute atomic E-state index is 0.231. The van der Waals surface area contributed by atoms with Gasteiger partial charge in [0.05, 0.1) is 12.2 Å². The van der Waals surface area contributed by atoms with Gasteiger partial charge in [0.25, 0.3) is 0 Å². The van der Waals surface area contributed by atoms with Crippen molar-refractivity contribution in [2.45, 2.75) is 50.7 Å². The molecule has 0 bridgehead atoms. The van der Waals surface area contributed by atoms with Crippen molar-refractivity contribution in [3.8, 4) is 0 Å². The summed E-state index contributed by atoms with van der Waals surface area (Å²) in [7, 11) is 0. The van der Waals surface area contributed by atoms with Gasteiger partial charge >= 0.3 is 0 Å². The van der Waals surface area contributed by atoms with E-state index in [1.807, 2.05) is 0 Å². The van der Waals surface area contributed by atoms with E-state index in [9.17, 15) is 0 Å². The van der Waals surface area contributed by atoms with Crippen molar-refractivity contribution < 1.29 is 4.74 Å². The zero-order valence-electron chi connectivity index (χ0n) is 12.6. The first-order valence-electron chi connectivity index (χ1n) is 8.19. The predicted octanol–water partition coefficient (Wildman–Crippen LogP) is 5.84. The summed E-state index contributed by atoms with van der Waals surface area (Å²) in [4.78, 5) is 0. The molecule has 1 saturated heterocycles. The van der Waals surface area contributed by atoms with E-state index < -0.39 is 0 Å². The van der Waals surface area contributed by atoms with E-state index in [-0.39, 0.29) is 12.2 Å². The van der Waals surface area contributed by atoms with Gasteiger partial charge in [0, 0.05) is 0 Å². The quantitative estimate of drug-likeness (QED) is 0.671. The first-order valence-corrected chi connectivity index (χ1v) is 8.19. The first kappa shape index (κ1) is 14.3. The molecule has 1 fully saturated rings. The summed E-state index contributed by atoms with van der Waals surface area (Å²) in [5.74, 6) is 0. The minimum Gasteiger partial charge on any atom is -0.366 e. The molecule has 2 aromatic carbocycles. The molecule has 1 nitrogen and oxygen atoms in total. The molecule has 0 aromatic heterocycles. The van der Waals surface area contributed by atoms with Crippen LogP contribution in [0.15, 0.2) is 60.7 Å². The Balaban J connectivity index is 1.82. The fraction of sp³-hybridized carbons (Fsp3) is 0.400. The Bertz CT molecular complexity index is 471. The second-order valence-electron chi connectivity index (χ2n) is 5.93. The number of ether oxygens (including phenoxy) is 1. The summed E-state index contributed by atoms with van der Waals surface area (Å²) in [6, 6.07) is 21.4. The molecule has 0 aliphatic carbocycles. The molecule has 1 aliphatic heterocycles. The van der Waals surface area contributed by atoms with Crippen LogP contribution >= 0.6 is 0 Å². The third-order valence-corrected chi connectivity index (χ3v) is 4.35. The zero-order chi connectivity index (χ0) is 14.3. The molecule has 2 atom stereocenters. The number of benzene rings is 2. The van der Waals surface area contributed by atoms with Crippen LogP contribution in [0.2, 0.25) is 0 Å². The molecule has 0 saturated carbocycles. The van der Waals surface area contributed by atoms with E-state index >= 15 is 0 Å². The van der Waals surface area contributed by atoms with Crippen LogP contribution in [0.1, 0.15) is 61.9 Å². The van der Waals surface area contributed by atoms with Gasteiger partial charge in [0.15, 0.2) is 0 Å². The minimum atomic E-state index is 0.231. The zero-order valence-corrected chi connectivity index (χ0v) is 12.6. The topological polar surface area (TPSA) is 9.23 Å². The van der Waals surface area contributed by atoms with Crippen LogP contribution in [-0.2, 0) is 4.74 Å². The van der Waals surface area contributed by atoms with Gasteiger partial charge in [0.1, 0.15) is 0 Å². The summed E-state index contributed by atoms with van der Waals surface area (Å²) in [5, 5.41) is 0. The molecule has 110 valence electrons. The fourth-order valence-electron chi connectivity index (χ4n) is 3.17. The molecule has 3 rings (SSSR count). The van der Waals surface area contributed by atoms with E-state index in [2.05, 4.69) is 60.7 Å². The fourth-order valence-corrected chi connectivity index (χ4v) is 3.17. The summed E-state index contributed by atoms with van der Waals surface area (Å²) in [6.07, 6.45) is 7.91. The Labute approximate surface area is 128 Å². The number of hydrogen-bond acceptors (Lipinski definition) is 1. The van der Waals surface area contributed by atoms with E-state index in [1.165, 1.54) is 36.8 Å². The van der Waals surface area contributed by atoms with Gasteiger partial charge in [-0.1, -0.05) is 86.3 Å². The summed E-state index contributed by atoms with van der Waals surface area (Å²) >= 11 is 0. The molecule has 0 spiro atoms. The average Bonchev–Trinajstić information content (AvgIpc) is 2.68. The Morgan fingerprint density at radius 1 is 0.571 bits per heavy atom. The van der Waals surface area contributed by atoms with Gasteiger partial charge in [-0.3, -0.25) is 0 Å². The second-order valence-corrected chi connectivity index (χ2v) is 5.93. The lowest BCUT2D eigenvalue weighted by atomic mass is 10.0. The Kier molecular flexibility index (Phi) is 5.07. The van der Waals surface area contributed by atoms with Crippen molar-refractivity contribution in [3.63, 3.8) is 0 Å². The van der Waals surface area contributed by atoms with Gasteiger partial charge in [0.2, 0.25) is 0 Å². The molecule has 1 heteroatoms. The van der Waals surface area contributed by atoms with E-state index in [0.717, 1.165) is 12.8 Å². The Morgan fingerprint density at radius 2 is 1.00 bits per heavy atom. The Morgan fingerprint density at radius 3 is 1.43 bits per heavy atom. The van der Waals surface area contributed by atoms with Crippen LogP contribution in [0.5, 0.6) is 0 Å². The van der Waals surface area contributed by atoms with Crippen LogP contribution in [0.4, 0.5) is 0 Å². The highest BCUT2D eigenvalue weighted by Crippen LogP contribution is 2.35. The maximum Gasteiger partial charge on any atom is 0.0833 e. The summed E-state index contributed by atoms with van der Waals surface area (Å²) in [5.41, 5.74) is 2.64. The maximum atomic E-state index is 6.54. The molecule has 21 heavy (non-hydrogen) atoms. The first-order chi connectivity index (χ1) is 10.4. The molecule has 0 N–H and O–H groups in total. The van der Waals surface area contributed by atoms with Gasteiger partial charge in [-0.15, -0.1) is 0 Å². The second kappa shape index (κ2) is 7.42. The molecule has 0 radical (unpaired) electrons. The Hall–Kier alpha value is -1.60. The van der Waals surface area contributed by atoms with Gasteiger partial charge < -0.3 is 4.74 Å². The molecule has 0 amide bonds. The molecule has 2 unspecified atom stereocenters. The molecule has 1 heterocycles. The van der Waals surface area contributed by atoms with Crippen molar-refractivity contribution >= 4 is 0 Å². The van der Waals surface area contributed by atoms with E-state index in [0.29, 0.717) is 0 Å². The molecule has 1 aliphatic rings. The largest absolute Gasteiger partial charge is 0.366 e. The number of hydrogen-bond donors (Lipinski definition) is 0. The highest BCUT2D eigenvalue weighted by Gasteiger charge is 2.20. The molecular formula is C20H24O. The summed E-state index contributed by atoms with van der Waals surface area (Å²) < 4.78 is 6.54. The third-order valence-electron chi connectivity index (χ3n) is 4.35. The standard InChI is InChI=1S/C20H24O/c1-2-10-16-20(18-13-7-4-8-14-18)21-19(15-9-1)17-11-5-3-6-12-17/h3-8,11-14,19-20H,1-2,9-10,15-16H2. The van der Waals surface area contributed by atoms with Crippen molar-refractivity contribution in [1.29, 1.82) is 0 Å². The number of rotatable bonds is 2. The average molecular weight is 280 g/mol. The van der Waals surface area contributed by atoms with Crippen molar-refractivity contribution in [2.24, 2.45) is 0 Å². The normalized spacial score (nSPS) is 23.8. The van der Waals surface area contributed by atoms with Gasteiger partial charge in [-0.25, -0.2) is 0 Å². The van der Waals surface area contributed by atoms with E-state index in [4.69, 9.17) is 4.74 Å². The SMILES string of the molecule is c1ccc(C2CCCCCCC(c3ccccc3)O2)cc1. The highest BCUT2D eigenvalue weighted by molar-refractivity contribution is 5.20. The van der Waals surface area contributed by atoms with Crippen molar-refractivity contribution in [3.05, 3.63) is 71.8 Å². The highest BCUT2D eigenvalue weighted by atomic mass is 16.5. The lowest BCUT2D eigenvalue weighted by Crippen LogP contribution is -2.10. The van der Waals surface area contributed by atoms with Gasteiger partial charge in [-0.2, -0.15) is 0 Å². The maximum absolute atomic E-state index is 6.54. The van der Waals surface area contributed by atoms with Crippen molar-refractivity contribution in [2.75, 3.05) is 0 Å². The molecular weight excluding hydrogens is 256 g/mol. The lowest BCUT2D eigenvalue weighted by molar-refractivity contribution is -0.0229.